The molecule has 0 bridgehead atoms. The van der Waals surface area contributed by atoms with Crippen molar-refractivity contribution in [3.05, 3.63) is 242 Å². The molecular formula is C56H42. The Morgan fingerprint density at radius 2 is 1.43 bits per heavy atom. The zero-order valence-electron chi connectivity index (χ0n) is 31.5. The van der Waals surface area contributed by atoms with Gasteiger partial charge in [-0.15, -0.1) is 0 Å². The van der Waals surface area contributed by atoms with E-state index >= 15 is 0 Å². The third-order valence-electron chi connectivity index (χ3n) is 14.6. The van der Waals surface area contributed by atoms with Gasteiger partial charge in [-0.05, 0) is 126 Å². The highest BCUT2D eigenvalue weighted by atomic mass is 14.6. The lowest BCUT2D eigenvalue weighted by Crippen LogP contribution is -2.25. The van der Waals surface area contributed by atoms with Gasteiger partial charge in [-0.3, -0.25) is 0 Å². The van der Waals surface area contributed by atoms with Crippen molar-refractivity contribution >= 4 is 27.5 Å². The predicted octanol–water partition coefficient (Wildman–Crippen LogP) is 13.5. The summed E-state index contributed by atoms with van der Waals surface area (Å²) < 4.78 is 0. The molecule has 0 nitrogen and oxygen atoms in total. The Labute approximate surface area is 329 Å². The van der Waals surface area contributed by atoms with Gasteiger partial charge in [0.25, 0.3) is 0 Å². The van der Waals surface area contributed by atoms with Crippen molar-refractivity contribution in [1.29, 1.82) is 0 Å². The first-order valence-electron chi connectivity index (χ1n) is 20.9. The fraction of sp³-hybridized carbons (Fsp3) is 0.179. The van der Waals surface area contributed by atoms with E-state index in [1.54, 1.807) is 33.4 Å². The maximum Gasteiger partial charge on any atom is 0.0203 e. The Kier molecular flexibility index (Phi) is 6.56. The van der Waals surface area contributed by atoms with Crippen LogP contribution in [0.2, 0.25) is 0 Å². The second-order valence-electron chi connectivity index (χ2n) is 17.2. The van der Waals surface area contributed by atoms with E-state index in [-0.39, 0.29) is 11.8 Å². The molecule has 0 N–H and O–H groups in total. The van der Waals surface area contributed by atoms with Gasteiger partial charge in [0.1, 0.15) is 0 Å². The maximum absolute atomic E-state index is 2.69. The van der Waals surface area contributed by atoms with E-state index in [4.69, 9.17) is 0 Å². The molecule has 6 atom stereocenters. The minimum absolute atomic E-state index is 0.219. The average Bonchev–Trinajstić information content (AvgIpc) is 3.76. The van der Waals surface area contributed by atoms with Gasteiger partial charge in [-0.1, -0.05) is 170 Å². The van der Waals surface area contributed by atoms with Crippen molar-refractivity contribution in [1.82, 2.24) is 0 Å². The standard InChI is InChI=1S/C56H42/c1-3-15-34(16-4-1)50-49-32-47-41-29-28-37(39-23-11-20-33-14-7-9-21-38(33)39)30-46(41)43-25-13-26-44(52(43)47)54(49)51(35-17-5-2-6-18-35)56-48-31-36-19-8-10-22-40(36)42-24-12-27-45(53(42)48)55(50)56/h1-7,9-18,20-27,30-33,38,42,50,53,55H,8,19,28-29H2. The summed E-state index contributed by atoms with van der Waals surface area (Å²) in [5.41, 5.74) is 23.9. The quantitative estimate of drug-likeness (QED) is 0.198. The summed E-state index contributed by atoms with van der Waals surface area (Å²) >= 11 is 0. The van der Waals surface area contributed by atoms with Crippen molar-refractivity contribution in [3.63, 3.8) is 0 Å². The summed E-state index contributed by atoms with van der Waals surface area (Å²) in [4.78, 5) is 0. The zero-order chi connectivity index (χ0) is 36.5. The van der Waals surface area contributed by atoms with E-state index in [1.165, 1.54) is 66.4 Å². The van der Waals surface area contributed by atoms with Crippen LogP contribution in [0.5, 0.6) is 0 Å². The number of benzene rings is 4. The molecule has 0 radical (unpaired) electrons. The molecule has 13 rings (SSSR count). The third-order valence-corrected chi connectivity index (χ3v) is 14.6. The third kappa shape index (κ3) is 4.20. The molecule has 0 spiro atoms. The average molecular weight is 715 g/mol. The van der Waals surface area contributed by atoms with Crippen LogP contribution in [-0.2, 0) is 0 Å². The fourth-order valence-corrected chi connectivity index (χ4v) is 12.4. The lowest BCUT2D eigenvalue weighted by atomic mass is 9.65. The largest absolute Gasteiger partial charge is 0.0839 e. The highest BCUT2D eigenvalue weighted by Crippen LogP contribution is 2.66. The minimum Gasteiger partial charge on any atom is -0.0839 e. The molecule has 9 aliphatic rings. The van der Waals surface area contributed by atoms with Crippen LogP contribution < -0.4 is 0 Å². The van der Waals surface area contributed by atoms with Crippen LogP contribution in [0.15, 0.2) is 209 Å². The fourth-order valence-electron chi connectivity index (χ4n) is 12.4. The van der Waals surface area contributed by atoms with E-state index in [0.717, 1.165) is 25.7 Å². The highest BCUT2D eigenvalue weighted by molar-refractivity contribution is 6.20. The number of hydrogen-bond donors (Lipinski definition) is 0. The first kappa shape index (κ1) is 31.2. The lowest BCUT2D eigenvalue weighted by Gasteiger charge is -2.37. The Morgan fingerprint density at radius 1 is 0.607 bits per heavy atom. The molecule has 0 heterocycles. The first-order chi connectivity index (χ1) is 27.8. The topological polar surface area (TPSA) is 0 Å². The molecule has 0 saturated heterocycles. The Hall–Kier alpha value is -5.98. The molecule has 9 aliphatic carbocycles. The van der Waals surface area contributed by atoms with E-state index in [0.29, 0.717) is 23.7 Å². The van der Waals surface area contributed by atoms with E-state index < -0.39 is 0 Å². The second kappa shape index (κ2) is 11.8. The molecule has 1 fully saturated rings. The monoisotopic (exact) mass is 714 g/mol. The summed E-state index contributed by atoms with van der Waals surface area (Å²) in [6, 6.07) is 32.9. The van der Waals surface area contributed by atoms with E-state index in [2.05, 4.69) is 170 Å². The van der Waals surface area contributed by atoms with Crippen LogP contribution in [0, 0.1) is 29.6 Å². The van der Waals surface area contributed by atoms with Gasteiger partial charge in [-0.2, -0.15) is 0 Å². The van der Waals surface area contributed by atoms with E-state index in [1.807, 2.05) is 0 Å². The van der Waals surface area contributed by atoms with Crippen molar-refractivity contribution in [2.45, 2.75) is 31.6 Å². The molecule has 0 aliphatic heterocycles. The molecule has 56 heavy (non-hydrogen) atoms. The highest BCUT2D eigenvalue weighted by Gasteiger charge is 2.53. The van der Waals surface area contributed by atoms with Gasteiger partial charge >= 0.3 is 0 Å². The lowest BCUT2D eigenvalue weighted by molar-refractivity contribution is 0.544. The van der Waals surface area contributed by atoms with Crippen LogP contribution in [-0.4, -0.2) is 0 Å². The summed E-state index contributed by atoms with van der Waals surface area (Å²) in [7, 11) is 0. The molecule has 4 aromatic carbocycles. The van der Waals surface area contributed by atoms with Crippen LogP contribution in [0.25, 0.3) is 27.5 Å². The Balaban J connectivity index is 1.10. The second-order valence-corrected chi connectivity index (χ2v) is 17.2. The predicted molar refractivity (Wildman–Crippen MR) is 232 cm³/mol. The SMILES string of the molecule is C1=CC2C=CC=C(C3=CC4=C(CC3)c3cc5c(c6cccc4c36)C(c3ccccc3)=C3C4=CC6=C(C=CCC6)C6C=CC=C(C46)C3C5c3ccccc3)C2C=C1. The van der Waals surface area contributed by atoms with Crippen molar-refractivity contribution < 1.29 is 0 Å². The molecule has 6 unspecified atom stereocenters. The normalized spacial score (nSPS) is 28.3. The zero-order valence-corrected chi connectivity index (χ0v) is 31.5. The molecule has 0 amide bonds. The Morgan fingerprint density at radius 3 is 2.34 bits per heavy atom. The van der Waals surface area contributed by atoms with Gasteiger partial charge in [0.2, 0.25) is 0 Å². The molecule has 0 heteroatoms. The minimum atomic E-state index is 0.219. The molecular weight excluding hydrogens is 673 g/mol. The van der Waals surface area contributed by atoms with Crippen LogP contribution in [0.3, 0.4) is 0 Å². The van der Waals surface area contributed by atoms with Crippen molar-refractivity contribution in [2.24, 2.45) is 29.6 Å². The summed E-state index contributed by atoms with van der Waals surface area (Å²) in [5, 5.41) is 2.87. The molecule has 1 saturated carbocycles. The smallest absolute Gasteiger partial charge is 0.0203 e. The number of fused-ring (bicyclic) bond motifs is 9. The molecule has 0 aromatic heterocycles. The number of rotatable bonds is 3. The van der Waals surface area contributed by atoms with Crippen LogP contribution in [0.1, 0.15) is 65.0 Å². The van der Waals surface area contributed by atoms with Crippen LogP contribution in [0.4, 0.5) is 0 Å². The van der Waals surface area contributed by atoms with Crippen molar-refractivity contribution in [3.8, 4) is 0 Å². The van der Waals surface area contributed by atoms with Gasteiger partial charge in [0.15, 0.2) is 0 Å². The summed E-state index contributed by atoms with van der Waals surface area (Å²) in [6.07, 6.45) is 38.2. The first-order valence-corrected chi connectivity index (χ1v) is 20.9. The number of allylic oxidation sites excluding steroid dienone is 23. The summed E-state index contributed by atoms with van der Waals surface area (Å²) in [5.74, 6) is 2.14. The van der Waals surface area contributed by atoms with Gasteiger partial charge in [-0.25, -0.2) is 0 Å². The summed E-state index contributed by atoms with van der Waals surface area (Å²) in [6.45, 7) is 0. The maximum atomic E-state index is 2.69. The molecule has 4 aromatic rings. The van der Waals surface area contributed by atoms with Gasteiger partial charge in [0.05, 0.1) is 0 Å². The Bertz CT molecular complexity index is 2840. The molecule has 266 valence electrons. The van der Waals surface area contributed by atoms with Gasteiger partial charge in [0, 0.05) is 35.5 Å². The van der Waals surface area contributed by atoms with Crippen LogP contribution >= 0.6 is 0 Å². The van der Waals surface area contributed by atoms with Gasteiger partial charge < -0.3 is 0 Å². The van der Waals surface area contributed by atoms with Crippen molar-refractivity contribution in [2.75, 3.05) is 0 Å². The number of hydrogen-bond acceptors (Lipinski definition) is 0. The van der Waals surface area contributed by atoms with E-state index in [9.17, 15) is 0 Å².